The van der Waals surface area contributed by atoms with Crippen LogP contribution in [0.15, 0.2) is 60.9 Å². The summed E-state index contributed by atoms with van der Waals surface area (Å²) in [5.74, 6) is -0.105. The molecule has 1 aromatic heterocycles. The summed E-state index contributed by atoms with van der Waals surface area (Å²) in [6.07, 6.45) is 3.54. The van der Waals surface area contributed by atoms with Crippen molar-refractivity contribution in [1.82, 2.24) is 9.55 Å². The number of aromatic nitrogens is 2. The fourth-order valence-electron chi connectivity index (χ4n) is 2.71. The van der Waals surface area contributed by atoms with Crippen LogP contribution >= 0.6 is 0 Å². The molecule has 3 rings (SSSR count). The molecule has 0 aliphatic rings. The second-order valence-corrected chi connectivity index (χ2v) is 5.68. The number of nitrogens with zero attached hydrogens (tertiary/aromatic N) is 4. The lowest BCUT2D eigenvalue weighted by atomic mass is 10.2. The topological polar surface area (TPSA) is 64.2 Å². The van der Waals surface area contributed by atoms with E-state index in [2.05, 4.69) is 4.98 Å². The highest BCUT2D eigenvalue weighted by atomic mass is 19.1. The molecule has 0 radical (unpaired) electrons. The number of hydrogen-bond donors (Lipinski definition) is 0. The Bertz CT molecular complexity index is 880. The Kier molecular flexibility index (Phi) is 4.74. The van der Waals surface area contributed by atoms with Gasteiger partial charge in [0.1, 0.15) is 11.5 Å². The van der Waals surface area contributed by atoms with Gasteiger partial charge in [0.25, 0.3) is 0 Å². The molecule has 128 valence electrons. The first-order valence-electron chi connectivity index (χ1n) is 7.74. The Hall–Kier alpha value is -3.22. The molecule has 0 bridgehead atoms. The average molecular weight is 340 g/mol. The first-order chi connectivity index (χ1) is 12.1. The highest BCUT2D eigenvalue weighted by Crippen LogP contribution is 2.30. The largest absolute Gasteiger partial charge is 0.361 e. The molecule has 0 aliphatic heterocycles. The lowest BCUT2D eigenvalue weighted by Crippen LogP contribution is -2.21. The van der Waals surface area contributed by atoms with E-state index in [-0.39, 0.29) is 5.69 Å². The van der Waals surface area contributed by atoms with Crippen molar-refractivity contribution in [3.63, 3.8) is 0 Å². The molecule has 3 aromatic rings. The van der Waals surface area contributed by atoms with E-state index in [9.17, 15) is 14.5 Å². The third kappa shape index (κ3) is 3.65. The lowest BCUT2D eigenvalue weighted by Gasteiger charge is -2.19. The SMILES string of the molecule is CN(Cc1nccn1Cc1ccccc1)c1cccc(F)c1[N+](=O)[O-]. The second-order valence-electron chi connectivity index (χ2n) is 5.68. The minimum Gasteiger partial charge on any atom is -0.361 e. The molecule has 0 amide bonds. The highest BCUT2D eigenvalue weighted by Gasteiger charge is 2.23. The lowest BCUT2D eigenvalue weighted by molar-refractivity contribution is -0.386. The van der Waals surface area contributed by atoms with Crippen LogP contribution in [0.2, 0.25) is 0 Å². The standard InChI is InChI=1S/C18H17FN4O2/c1-21(16-9-5-8-15(19)18(16)23(24)25)13-17-20-10-11-22(17)12-14-6-3-2-4-7-14/h2-11H,12-13H2,1H3. The molecule has 0 unspecified atom stereocenters. The summed E-state index contributed by atoms with van der Waals surface area (Å²) in [4.78, 5) is 16.4. The van der Waals surface area contributed by atoms with Gasteiger partial charge in [0, 0.05) is 26.0 Å². The van der Waals surface area contributed by atoms with Crippen molar-refractivity contribution >= 4 is 11.4 Å². The molecule has 0 fully saturated rings. The van der Waals surface area contributed by atoms with Gasteiger partial charge in [-0.05, 0) is 17.7 Å². The van der Waals surface area contributed by atoms with E-state index < -0.39 is 16.4 Å². The van der Waals surface area contributed by atoms with Crippen LogP contribution in [0.4, 0.5) is 15.8 Å². The Morgan fingerprint density at radius 3 is 2.68 bits per heavy atom. The van der Waals surface area contributed by atoms with Crippen LogP contribution in [0.25, 0.3) is 0 Å². The molecule has 0 saturated heterocycles. The molecule has 0 spiro atoms. The number of imidazole rings is 1. The summed E-state index contributed by atoms with van der Waals surface area (Å²) >= 11 is 0. The van der Waals surface area contributed by atoms with Gasteiger partial charge in [-0.15, -0.1) is 0 Å². The number of rotatable bonds is 6. The molecule has 7 heteroatoms. The molecule has 6 nitrogen and oxygen atoms in total. The van der Waals surface area contributed by atoms with Crippen molar-refractivity contribution in [1.29, 1.82) is 0 Å². The Morgan fingerprint density at radius 1 is 1.20 bits per heavy atom. The second kappa shape index (κ2) is 7.12. The van der Waals surface area contributed by atoms with E-state index in [1.807, 2.05) is 41.1 Å². The Morgan fingerprint density at radius 2 is 1.96 bits per heavy atom. The summed E-state index contributed by atoms with van der Waals surface area (Å²) < 4.78 is 15.8. The maximum atomic E-state index is 13.8. The molecule has 0 N–H and O–H groups in total. The number of para-hydroxylation sites is 1. The quantitative estimate of drug-likeness (QED) is 0.508. The van der Waals surface area contributed by atoms with Gasteiger partial charge in [-0.3, -0.25) is 10.1 Å². The molecule has 0 aliphatic carbocycles. The van der Waals surface area contributed by atoms with Gasteiger partial charge in [0.05, 0.1) is 11.5 Å². The molecular weight excluding hydrogens is 323 g/mol. The fraction of sp³-hybridized carbons (Fsp3) is 0.167. The number of nitro groups is 1. The third-order valence-electron chi connectivity index (χ3n) is 3.94. The number of hydrogen-bond acceptors (Lipinski definition) is 4. The van der Waals surface area contributed by atoms with Crippen LogP contribution < -0.4 is 4.90 Å². The van der Waals surface area contributed by atoms with Crippen LogP contribution in [0, 0.1) is 15.9 Å². The van der Waals surface area contributed by atoms with Crippen LogP contribution in [-0.2, 0) is 13.1 Å². The predicted molar refractivity (Wildman–Crippen MR) is 92.9 cm³/mol. The first kappa shape index (κ1) is 16.6. The monoisotopic (exact) mass is 340 g/mol. The molecule has 25 heavy (non-hydrogen) atoms. The number of halogens is 1. The van der Waals surface area contributed by atoms with Gasteiger partial charge >= 0.3 is 5.69 Å². The molecule has 2 aromatic carbocycles. The van der Waals surface area contributed by atoms with Crippen LogP contribution in [0.3, 0.4) is 0 Å². The van der Waals surface area contributed by atoms with Crippen molar-refractivity contribution in [3.05, 3.63) is 88.2 Å². The minimum absolute atomic E-state index is 0.222. The van der Waals surface area contributed by atoms with E-state index in [0.29, 0.717) is 13.1 Å². The fourth-order valence-corrected chi connectivity index (χ4v) is 2.71. The summed E-state index contributed by atoms with van der Waals surface area (Å²) in [6.45, 7) is 0.972. The van der Waals surface area contributed by atoms with E-state index in [1.54, 1.807) is 18.1 Å². The van der Waals surface area contributed by atoms with Crippen molar-refractivity contribution < 1.29 is 9.31 Å². The smallest absolute Gasteiger partial charge is 0.327 e. The molecular formula is C18H17FN4O2. The van der Waals surface area contributed by atoms with Gasteiger partial charge in [-0.25, -0.2) is 4.98 Å². The zero-order chi connectivity index (χ0) is 17.8. The van der Waals surface area contributed by atoms with E-state index in [0.717, 1.165) is 17.5 Å². The van der Waals surface area contributed by atoms with Gasteiger partial charge in [-0.1, -0.05) is 36.4 Å². The van der Waals surface area contributed by atoms with Gasteiger partial charge in [0.15, 0.2) is 0 Å². The van der Waals surface area contributed by atoms with Crippen molar-refractivity contribution in [3.8, 4) is 0 Å². The summed E-state index contributed by atoms with van der Waals surface area (Å²) in [7, 11) is 1.68. The van der Waals surface area contributed by atoms with E-state index >= 15 is 0 Å². The zero-order valence-electron chi connectivity index (χ0n) is 13.7. The normalized spacial score (nSPS) is 10.6. The van der Waals surface area contributed by atoms with Gasteiger partial charge < -0.3 is 9.47 Å². The summed E-state index contributed by atoms with van der Waals surface area (Å²) in [5, 5.41) is 11.2. The van der Waals surface area contributed by atoms with Crippen molar-refractivity contribution in [2.75, 3.05) is 11.9 Å². The summed E-state index contributed by atoms with van der Waals surface area (Å²) in [6, 6.07) is 14.0. The van der Waals surface area contributed by atoms with Crippen molar-refractivity contribution in [2.24, 2.45) is 0 Å². The molecule has 0 atom stereocenters. The Labute approximate surface area is 144 Å². The first-order valence-corrected chi connectivity index (χ1v) is 7.74. The average Bonchev–Trinajstić information content (AvgIpc) is 3.02. The third-order valence-corrected chi connectivity index (χ3v) is 3.94. The maximum absolute atomic E-state index is 13.8. The highest BCUT2D eigenvalue weighted by molar-refractivity contribution is 5.63. The Balaban J connectivity index is 1.83. The summed E-state index contributed by atoms with van der Waals surface area (Å²) in [5.41, 5.74) is 0.826. The van der Waals surface area contributed by atoms with E-state index in [1.165, 1.54) is 12.1 Å². The van der Waals surface area contributed by atoms with Crippen molar-refractivity contribution in [2.45, 2.75) is 13.1 Å². The minimum atomic E-state index is -0.845. The number of anilines is 1. The number of nitro benzene ring substituents is 1. The molecule has 1 heterocycles. The maximum Gasteiger partial charge on any atom is 0.327 e. The van der Waals surface area contributed by atoms with Gasteiger partial charge in [-0.2, -0.15) is 4.39 Å². The van der Waals surface area contributed by atoms with Gasteiger partial charge in [0.2, 0.25) is 5.82 Å². The number of benzene rings is 2. The van der Waals surface area contributed by atoms with Crippen LogP contribution in [0.1, 0.15) is 11.4 Å². The van der Waals surface area contributed by atoms with Crippen LogP contribution in [-0.4, -0.2) is 21.5 Å². The van der Waals surface area contributed by atoms with E-state index in [4.69, 9.17) is 0 Å². The van der Waals surface area contributed by atoms with Crippen LogP contribution in [0.5, 0.6) is 0 Å². The zero-order valence-corrected chi connectivity index (χ0v) is 13.7. The molecule has 0 saturated carbocycles. The predicted octanol–water partition coefficient (Wildman–Crippen LogP) is 3.62.